The maximum atomic E-state index is 12.4. The van der Waals surface area contributed by atoms with Crippen LogP contribution in [-0.2, 0) is 11.3 Å². The van der Waals surface area contributed by atoms with Crippen molar-refractivity contribution in [3.63, 3.8) is 0 Å². The maximum Gasteiger partial charge on any atom is 0.223 e. The monoisotopic (exact) mass is 364 g/mol. The van der Waals surface area contributed by atoms with Gasteiger partial charge in [-0.25, -0.2) is 0 Å². The predicted molar refractivity (Wildman–Crippen MR) is 90.8 cm³/mol. The first-order valence-corrected chi connectivity index (χ1v) is 8.60. The largest absolute Gasteiger partial charge is 0.384 e. The van der Waals surface area contributed by atoms with Crippen LogP contribution in [0, 0.1) is 0 Å². The molecular weight excluding hydrogens is 348 g/mol. The summed E-state index contributed by atoms with van der Waals surface area (Å²) in [5.41, 5.74) is 2.43. The van der Waals surface area contributed by atoms with E-state index in [1.165, 1.54) is 16.1 Å². The average molecular weight is 365 g/mol. The molecule has 1 aromatic carbocycles. The predicted octanol–water partition coefficient (Wildman–Crippen LogP) is 4.07. The lowest BCUT2D eigenvalue weighted by molar-refractivity contribution is -0.130. The fourth-order valence-corrected chi connectivity index (χ4v) is 4.17. The van der Waals surface area contributed by atoms with Gasteiger partial charge in [-0.3, -0.25) is 4.79 Å². The number of hydrogen-bond donors (Lipinski definition) is 1. The van der Waals surface area contributed by atoms with Crippen molar-refractivity contribution in [1.29, 1.82) is 0 Å². The second-order valence-corrected chi connectivity index (χ2v) is 7.26. The minimum Gasteiger partial charge on any atom is -0.384 e. The van der Waals surface area contributed by atoms with Gasteiger partial charge in [-0.15, -0.1) is 11.3 Å². The highest BCUT2D eigenvalue weighted by Gasteiger charge is 2.25. The third kappa shape index (κ3) is 3.30. The summed E-state index contributed by atoms with van der Waals surface area (Å²) in [5, 5.41) is 5.42. The van der Waals surface area contributed by atoms with Gasteiger partial charge in [-0.05, 0) is 33.6 Å². The average Bonchev–Trinajstić information content (AvgIpc) is 3.06. The molecular formula is C16H17BrN2OS. The van der Waals surface area contributed by atoms with Gasteiger partial charge in [0.25, 0.3) is 0 Å². The molecule has 0 spiro atoms. The Morgan fingerprint density at radius 1 is 1.48 bits per heavy atom. The van der Waals surface area contributed by atoms with E-state index in [1.54, 1.807) is 11.3 Å². The van der Waals surface area contributed by atoms with E-state index in [0.29, 0.717) is 13.0 Å². The quantitative estimate of drug-likeness (QED) is 0.886. The van der Waals surface area contributed by atoms with Crippen LogP contribution in [0.3, 0.4) is 0 Å². The van der Waals surface area contributed by atoms with E-state index < -0.39 is 0 Å². The highest BCUT2D eigenvalue weighted by Crippen LogP contribution is 2.33. The van der Waals surface area contributed by atoms with Gasteiger partial charge in [0.1, 0.15) is 0 Å². The van der Waals surface area contributed by atoms with Crippen LogP contribution in [0.25, 0.3) is 0 Å². The number of hydrogen-bond acceptors (Lipinski definition) is 3. The van der Waals surface area contributed by atoms with Crippen LogP contribution in [0.2, 0.25) is 0 Å². The Labute approximate surface area is 137 Å². The Morgan fingerprint density at radius 3 is 3.05 bits per heavy atom. The summed E-state index contributed by atoms with van der Waals surface area (Å²) in [4.78, 5) is 15.4. The minimum absolute atomic E-state index is 0.197. The molecule has 21 heavy (non-hydrogen) atoms. The Morgan fingerprint density at radius 2 is 2.29 bits per heavy atom. The van der Waals surface area contributed by atoms with E-state index in [9.17, 15) is 4.79 Å². The van der Waals surface area contributed by atoms with Crippen LogP contribution in [0.15, 0.2) is 40.2 Å². The number of fused-ring (bicyclic) bond motifs is 1. The van der Waals surface area contributed by atoms with Crippen molar-refractivity contribution in [3.8, 4) is 0 Å². The molecule has 110 valence electrons. The normalized spacial score (nSPS) is 16.4. The summed E-state index contributed by atoms with van der Waals surface area (Å²) < 4.78 is 1.08. The molecule has 0 saturated carbocycles. The molecule has 0 saturated heterocycles. The first-order valence-electron chi connectivity index (χ1n) is 6.93. The second-order valence-electron chi connectivity index (χ2n) is 5.35. The molecule has 1 aromatic heterocycles. The first kappa shape index (κ1) is 14.6. The summed E-state index contributed by atoms with van der Waals surface area (Å²) in [6, 6.07) is 10.3. The number of nitrogens with one attached hydrogen (secondary N) is 1. The van der Waals surface area contributed by atoms with Crippen LogP contribution >= 0.6 is 27.3 Å². The summed E-state index contributed by atoms with van der Waals surface area (Å²) in [7, 11) is 1.88. The molecule has 1 aliphatic rings. The maximum absolute atomic E-state index is 12.4. The van der Waals surface area contributed by atoms with Gasteiger partial charge in [-0.2, -0.15) is 0 Å². The number of rotatable bonds is 4. The number of halogens is 1. The van der Waals surface area contributed by atoms with Crippen LogP contribution in [0.4, 0.5) is 5.69 Å². The standard InChI is InChI=1S/C16H17BrN2OS/c1-19(9-13-7-12(17)10-21-13)16(20)6-11-8-18-15-5-3-2-4-14(11)15/h2-5,7,10-11,18H,6,8-9H2,1H3. The number of anilines is 1. The van der Waals surface area contributed by atoms with Crippen molar-refractivity contribution in [2.24, 2.45) is 0 Å². The SMILES string of the molecule is CN(Cc1cc(Br)cs1)C(=O)CC1CNc2ccccc21. The molecule has 2 heterocycles. The minimum atomic E-state index is 0.197. The molecule has 1 amide bonds. The molecule has 0 radical (unpaired) electrons. The van der Waals surface area contributed by atoms with Crippen LogP contribution in [-0.4, -0.2) is 24.4 Å². The summed E-state index contributed by atoms with van der Waals surface area (Å²) in [5.74, 6) is 0.481. The third-order valence-corrected chi connectivity index (χ3v) is 5.48. The Kier molecular flexibility index (Phi) is 4.31. The summed E-state index contributed by atoms with van der Waals surface area (Å²) in [6.07, 6.45) is 0.563. The van der Waals surface area contributed by atoms with Crippen molar-refractivity contribution in [1.82, 2.24) is 4.90 Å². The molecule has 5 heteroatoms. The van der Waals surface area contributed by atoms with E-state index in [4.69, 9.17) is 0 Å². The van der Waals surface area contributed by atoms with Crippen LogP contribution in [0.5, 0.6) is 0 Å². The van der Waals surface area contributed by atoms with Gasteiger partial charge >= 0.3 is 0 Å². The fourth-order valence-electron chi connectivity index (χ4n) is 2.66. The number of carbonyl (C=O) groups excluding carboxylic acids is 1. The smallest absolute Gasteiger partial charge is 0.223 e. The van der Waals surface area contributed by atoms with E-state index in [1.807, 2.05) is 29.5 Å². The van der Waals surface area contributed by atoms with E-state index in [0.717, 1.165) is 11.0 Å². The molecule has 1 unspecified atom stereocenters. The Bertz CT molecular complexity index is 655. The van der Waals surface area contributed by atoms with Crippen LogP contribution in [0.1, 0.15) is 22.8 Å². The molecule has 2 aromatic rings. The molecule has 0 fully saturated rings. The van der Waals surface area contributed by atoms with Gasteiger partial charge < -0.3 is 10.2 Å². The van der Waals surface area contributed by atoms with Gasteiger partial charge in [0.05, 0.1) is 6.54 Å². The van der Waals surface area contributed by atoms with Gasteiger partial charge in [0.15, 0.2) is 0 Å². The zero-order chi connectivity index (χ0) is 14.8. The second kappa shape index (κ2) is 6.20. The molecule has 3 rings (SSSR count). The van der Waals surface area contributed by atoms with Gasteiger partial charge in [0.2, 0.25) is 5.91 Å². The topological polar surface area (TPSA) is 32.3 Å². The number of amides is 1. The number of nitrogens with zero attached hydrogens (tertiary/aromatic N) is 1. The highest BCUT2D eigenvalue weighted by atomic mass is 79.9. The van der Waals surface area contributed by atoms with Gasteiger partial charge in [-0.1, -0.05) is 18.2 Å². The molecule has 0 bridgehead atoms. The lowest BCUT2D eigenvalue weighted by Gasteiger charge is -2.18. The van der Waals surface area contributed by atoms with Crippen molar-refractivity contribution >= 4 is 38.9 Å². The number of benzene rings is 1. The number of para-hydroxylation sites is 1. The van der Waals surface area contributed by atoms with Crippen molar-refractivity contribution in [2.45, 2.75) is 18.9 Å². The van der Waals surface area contributed by atoms with E-state index in [2.05, 4.69) is 39.4 Å². The van der Waals surface area contributed by atoms with Crippen molar-refractivity contribution in [2.75, 3.05) is 18.9 Å². The van der Waals surface area contributed by atoms with E-state index in [-0.39, 0.29) is 11.8 Å². The number of carbonyl (C=O) groups is 1. The number of thiophene rings is 1. The zero-order valence-corrected chi connectivity index (χ0v) is 14.2. The fraction of sp³-hybridized carbons (Fsp3) is 0.312. The molecule has 1 N–H and O–H groups in total. The van der Waals surface area contributed by atoms with Crippen molar-refractivity contribution in [3.05, 3.63) is 50.6 Å². The Balaban J connectivity index is 1.62. The lowest BCUT2D eigenvalue weighted by atomic mass is 9.97. The van der Waals surface area contributed by atoms with Crippen LogP contribution < -0.4 is 5.32 Å². The van der Waals surface area contributed by atoms with E-state index >= 15 is 0 Å². The molecule has 3 nitrogen and oxygen atoms in total. The first-order chi connectivity index (χ1) is 10.1. The third-order valence-electron chi connectivity index (χ3n) is 3.80. The Hall–Kier alpha value is -1.33. The molecule has 0 aliphatic carbocycles. The van der Waals surface area contributed by atoms with Crippen molar-refractivity contribution < 1.29 is 4.79 Å². The summed E-state index contributed by atoms with van der Waals surface area (Å²) >= 11 is 5.12. The molecule has 1 aliphatic heterocycles. The van der Waals surface area contributed by atoms with Gasteiger partial charge in [0, 0.05) is 46.3 Å². The zero-order valence-electron chi connectivity index (χ0n) is 11.8. The molecule has 1 atom stereocenters. The summed E-state index contributed by atoms with van der Waals surface area (Å²) in [6.45, 7) is 1.53. The highest BCUT2D eigenvalue weighted by molar-refractivity contribution is 9.10. The lowest BCUT2D eigenvalue weighted by Crippen LogP contribution is -2.27.